The van der Waals surface area contributed by atoms with E-state index in [4.69, 9.17) is 16.3 Å². The highest BCUT2D eigenvalue weighted by Gasteiger charge is 2.43. The van der Waals surface area contributed by atoms with Crippen LogP contribution in [0, 0.1) is 0 Å². The molecule has 1 fully saturated rings. The van der Waals surface area contributed by atoms with Gasteiger partial charge in [0.1, 0.15) is 11.4 Å². The van der Waals surface area contributed by atoms with Crippen molar-refractivity contribution < 1.29 is 14.6 Å². The number of hydrogen-bond donors (Lipinski definition) is 2. The number of nitrogens with one attached hydrogen (secondary N) is 1. The molecule has 0 aliphatic heterocycles. The monoisotopic (exact) mass is 271 g/mol. The summed E-state index contributed by atoms with van der Waals surface area (Å²) in [6, 6.07) is 0. The summed E-state index contributed by atoms with van der Waals surface area (Å²) >= 11 is 5.71. The number of aromatic nitrogens is 2. The number of aliphatic hydroxyl groups excluding tert-OH is 1. The fourth-order valence-corrected chi connectivity index (χ4v) is 1.67. The standard InChI is InChI=1S/C11H14ClN3O3/c1-2-18-9(17)7-5-13-10(12)14-8(7)15-11(6-16)3-4-11/h5,16H,2-4,6H2,1H3,(H,13,14,15). The molecule has 1 aromatic heterocycles. The highest BCUT2D eigenvalue weighted by atomic mass is 35.5. The van der Waals surface area contributed by atoms with Crippen molar-refractivity contribution in [3.63, 3.8) is 0 Å². The van der Waals surface area contributed by atoms with Crippen LogP contribution in [0.15, 0.2) is 6.20 Å². The number of aliphatic hydroxyl groups is 1. The third-order valence-electron chi connectivity index (χ3n) is 2.79. The Morgan fingerprint density at radius 1 is 1.67 bits per heavy atom. The van der Waals surface area contributed by atoms with Gasteiger partial charge in [-0.05, 0) is 31.4 Å². The van der Waals surface area contributed by atoms with E-state index in [9.17, 15) is 9.90 Å². The van der Waals surface area contributed by atoms with Gasteiger partial charge in [-0.1, -0.05) is 0 Å². The molecule has 2 rings (SSSR count). The molecule has 0 spiro atoms. The van der Waals surface area contributed by atoms with Gasteiger partial charge in [0.15, 0.2) is 0 Å². The first kappa shape index (κ1) is 13.0. The molecule has 6 nitrogen and oxygen atoms in total. The Balaban J connectivity index is 2.26. The number of nitrogens with zero attached hydrogens (tertiary/aromatic N) is 2. The predicted molar refractivity (Wildman–Crippen MR) is 65.7 cm³/mol. The zero-order valence-electron chi connectivity index (χ0n) is 9.94. The Hall–Kier alpha value is -1.40. The van der Waals surface area contributed by atoms with E-state index >= 15 is 0 Å². The number of carbonyl (C=O) groups excluding carboxylic acids is 1. The van der Waals surface area contributed by atoms with Crippen LogP contribution in [-0.4, -0.2) is 39.8 Å². The number of carbonyl (C=O) groups is 1. The zero-order chi connectivity index (χ0) is 13.2. The molecule has 0 aromatic carbocycles. The first-order chi connectivity index (χ1) is 8.60. The van der Waals surface area contributed by atoms with Gasteiger partial charge in [0.05, 0.1) is 18.8 Å². The maximum atomic E-state index is 11.7. The average molecular weight is 272 g/mol. The van der Waals surface area contributed by atoms with Gasteiger partial charge in [0.2, 0.25) is 5.28 Å². The molecule has 18 heavy (non-hydrogen) atoms. The highest BCUT2D eigenvalue weighted by Crippen LogP contribution is 2.38. The van der Waals surface area contributed by atoms with Crippen LogP contribution in [0.1, 0.15) is 30.1 Å². The van der Waals surface area contributed by atoms with Crippen LogP contribution in [0.25, 0.3) is 0 Å². The quantitative estimate of drug-likeness (QED) is 0.619. The lowest BCUT2D eigenvalue weighted by atomic mass is 10.2. The molecule has 1 heterocycles. The summed E-state index contributed by atoms with van der Waals surface area (Å²) in [4.78, 5) is 19.5. The lowest BCUT2D eigenvalue weighted by Crippen LogP contribution is -2.27. The fraction of sp³-hybridized carbons (Fsp3) is 0.545. The molecule has 1 aromatic rings. The molecule has 7 heteroatoms. The maximum Gasteiger partial charge on any atom is 0.343 e. The second-order valence-corrected chi connectivity index (χ2v) is 4.52. The van der Waals surface area contributed by atoms with E-state index in [0.717, 1.165) is 12.8 Å². The van der Waals surface area contributed by atoms with Crippen LogP contribution in [0.2, 0.25) is 5.28 Å². The van der Waals surface area contributed by atoms with E-state index in [0.29, 0.717) is 5.82 Å². The van der Waals surface area contributed by atoms with Crippen molar-refractivity contribution in [2.24, 2.45) is 0 Å². The van der Waals surface area contributed by atoms with Crippen molar-refractivity contribution in [3.05, 3.63) is 17.0 Å². The minimum absolute atomic E-state index is 0.0170. The second kappa shape index (κ2) is 5.07. The van der Waals surface area contributed by atoms with Gasteiger partial charge in [-0.15, -0.1) is 0 Å². The van der Waals surface area contributed by atoms with E-state index in [1.54, 1.807) is 6.92 Å². The molecule has 0 unspecified atom stereocenters. The maximum absolute atomic E-state index is 11.7. The topological polar surface area (TPSA) is 84.3 Å². The van der Waals surface area contributed by atoms with E-state index in [1.807, 2.05) is 0 Å². The van der Waals surface area contributed by atoms with Crippen molar-refractivity contribution in [2.45, 2.75) is 25.3 Å². The van der Waals surface area contributed by atoms with Crippen LogP contribution >= 0.6 is 11.6 Å². The molecule has 0 radical (unpaired) electrons. The summed E-state index contributed by atoms with van der Waals surface area (Å²) in [5.74, 6) is -0.203. The molecular formula is C11H14ClN3O3. The summed E-state index contributed by atoms with van der Waals surface area (Å²) in [5, 5.41) is 12.3. The SMILES string of the molecule is CCOC(=O)c1cnc(Cl)nc1NC1(CO)CC1. The van der Waals surface area contributed by atoms with Crippen LogP contribution in [0.3, 0.4) is 0 Å². The van der Waals surface area contributed by atoms with E-state index in [2.05, 4.69) is 15.3 Å². The Bertz CT molecular complexity index is 463. The zero-order valence-corrected chi connectivity index (χ0v) is 10.7. The third-order valence-corrected chi connectivity index (χ3v) is 2.98. The minimum Gasteiger partial charge on any atom is -0.462 e. The van der Waals surface area contributed by atoms with Crippen molar-refractivity contribution in [1.82, 2.24) is 9.97 Å². The van der Waals surface area contributed by atoms with E-state index in [-0.39, 0.29) is 29.6 Å². The van der Waals surface area contributed by atoms with E-state index < -0.39 is 5.97 Å². The van der Waals surface area contributed by atoms with Crippen LogP contribution in [0.4, 0.5) is 5.82 Å². The molecule has 2 N–H and O–H groups in total. The summed E-state index contributed by atoms with van der Waals surface area (Å²) < 4.78 is 4.91. The first-order valence-electron chi connectivity index (χ1n) is 5.69. The van der Waals surface area contributed by atoms with Gasteiger partial charge < -0.3 is 15.2 Å². The molecule has 0 bridgehead atoms. The number of halogens is 1. The summed E-state index contributed by atoms with van der Waals surface area (Å²) in [6.07, 6.45) is 2.98. The number of esters is 1. The smallest absolute Gasteiger partial charge is 0.343 e. The van der Waals surface area contributed by atoms with E-state index in [1.165, 1.54) is 6.20 Å². The van der Waals surface area contributed by atoms with Crippen LogP contribution in [0.5, 0.6) is 0 Å². The van der Waals surface area contributed by atoms with Gasteiger partial charge in [0, 0.05) is 6.20 Å². The Morgan fingerprint density at radius 2 is 2.39 bits per heavy atom. The van der Waals surface area contributed by atoms with Gasteiger partial charge >= 0.3 is 5.97 Å². The van der Waals surface area contributed by atoms with Crippen molar-refractivity contribution in [1.29, 1.82) is 0 Å². The highest BCUT2D eigenvalue weighted by molar-refractivity contribution is 6.28. The lowest BCUT2D eigenvalue weighted by Gasteiger charge is -2.17. The van der Waals surface area contributed by atoms with Crippen LogP contribution in [-0.2, 0) is 4.74 Å². The van der Waals surface area contributed by atoms with Crippen molar-refractivity contribution in [3.8, 4) is 0 Å². The molecule has 0 amide bonds. The Morgan fingerprint density at radius 3 is 2.94 bits per heavy atom. The molecule has 0 saturated heterocycles. The summed E-state index contributed by atoms with van der Waals surface area (Å²) in [5.41, 5.74) is -0.167. The molecule has 98 valence electrons. The molecule has 1 saturated carbocycles. The number of ether oxygens (including phenoxy) is 1. The van der Waals surface area contributed by atoms with Crippen molar-refractivity contribution >= 4 is 23.4 Å². The van der Waals surface area contributed by atoms with Crippen molar-refractivity contribution in [2.75, 3.05) is 18.5 Å². The predicted octanol–water partition coefficient (Wildman–Crippen LogP) is 1.24. The van der Waals surface area contributed by atoms with Gasteiger partial charge in [-0.2, -0.15) is 4.98 Å². The molecule has 1 aliphatic rings. The molecule has 1 aliphatic carbocycles. The second-order valence-electron chi connectivity index (χ2n) is 4.19. The number of hydrogen-bond acceptors (Lipinski definition) is 6. The summed E-state index contributed by atoms with van der Waals surface area (Å²) in [6.45, 7) is 1.97. The molecule has 0 atom stereocenters. The Labute approximate surface area is 109 Å². The summed E-state index contributed by atoms with van der Waals surface area (Å²) in [7, 11) is 0. The normalized spacial score (nSPS) is 16.2. The first-order valence-corrected chi connectivity index (χ1v) is 6.07. The lowest BCUT2D eigenvalue weighted by molar-refractivity contribution is 0.0526. The number of rotatable bonds is 5. The van der Waals surface area contributed by atoms with Gasteiger partial charge in [-0.3, -0.25) is 0 Å². The fourth-order valence-electron chi connectivity index (χ4n) is 1.54. The minimum atomic E-state index is -0.509. The third kappa shape index (κ3) is 2.70. The number of anilines is 1. The van der Waals surface area contributed by atoms with Gasteiger partial charge in [-0.25, -0.2) is 9.78 Å². The Kier molecular flexibility index (Phi) is 3.68. The largest absolute Gasteiger partial charge is 0.462 e. The molecular weight excluding hydrogens is 258 g/mol. The van der Waals surface area contributed by atoms with Gasteiger partial charge in [0.25, 0.3) is 0 Å². The van der Waals surface area contributed by atoms with Crippen LogP contribution < -0.4 is 5.32 Å². The average Bonchev–Trinajstić information content (AvgIpc) is 3.10.